The highest BCUT2D eigenvalue weighted by Crippen LogP contribution is 2.46. The Morgan fingerprint density at radius 2 is 0.929 bits per heavy atom. The standard InChI is InChI=1S/2C26H25F3N4O2/c2*1-25(30,15-34)12-11-16-7-9-19-17(13-16)8-10-20-22(19)32-35-23(20)21-14-31-33(24(21)26(27,28)29)18-5-3-2-4-6-18/h2*2-7,9,13-14,34H,8,10-12,15,30H2,1H3/t2*25-/m10/s1. The highest BCUT2D eigenvalue weighted by Gasteiger charge is 2.43. The number of rotatable bonds is 12. The van der Waals surface area contributed by atoms with E-state index in [1.54, 1.807) is 60.7 Å². The van der Waals surface area contributed by atoms with Crippen molar-refractivity contribution >= 4 is 0 Å². The summed E-state index contributed by atoms with van der Waals surface area (Å²) in [6.45, 7) is 3.43. The minimum atomic E-state index is -4.64. The molecule has 0 fully saturated rings. The zero-order valence-electron chi connectivity index (χ0n) is 38.3. The Balaban J connectivity index is 0.000000174. The first kappa shape index (κ1) is 48.2. The molecular formula is C52H50F6N8O4. The van der Waals surface area contributed by atoms with Crippen LogP contribution < -0.4 is 11.5 Å². The van der Waals surface area contributed by atoms with Gasteiger partial charge in [-0.15, -0.1) is 0 Å². The van der Waals surface area contributed by atoms with Crippen LogP contribution in [-0.2, 0) is 50.9 Å². The smallest absolute Gasteiger partial charge is 0.394 e. The summed E-state index contributed by atoms with van der Waals surface area (Å²) in [7, 11) is 0. The second kappa shape index (κ2) is 18.8. The number of benzene rings is 4. The molecule has 0 amide bonds. The first-order valence-electron chi connectivity index (χ1n) is 22.8. The van der Waals surface area contributed by atoms with Crippen LogP contribution in [0.5, 0.6) is 0 Å². The van der Waals surface area contributed by atoms with E-state index in [2.05, 4.69) is 32.6 Å². The lowest BCUT2D eigenvalue weighted by Gasteiger charge is -2.22. The molecule has 0 saturated heterocycles. The first-order chi connectivity index (χ1) is 33.4. The Bertz CT molecular complexity index is 2920. The van der Waals surface area contributed by atoms with Crippen molar-refractivity contribution in [2.45, 2.75) is 88.6 Å². The fourth-order valence-electron chi connectivity index (χ4n) is 9.05. The van der Waals surface area contributed by atoms with Crippen LogP contribution in [0.15, 0.2) is 119 Å². The number of fused-ring (bicyclic) bond motifs is 6. The summed E-state index contributed by atoms with van der Waals surface area (Å²) in [5.74, 6) is 0.206. The third-order valence-corrected chi connectivity index (χ3v) is 13.0. The molecule has 2 aliphatic carbocycles. The number of nitrogens with zero attached hydrogens (tertiary/aromatic N) is 6. The van der Waals surface area contributed by atoms with Crippen LogP contribution in [0.3, 0.4) is 0 Å². The maximum absolute atomic E-state index is 14.2. The molecule has 0 radical (unpaired) electrons. The maximum Gasteiger partial charge on any atom is 0.434 e. The van der Waals surface area contributed by atoms with Gasteiger partial charge in [0.2, 0.25) is 0 Å². The summed E-state index contributed by atoms with van der Waals surface area (Å²) in [6.07, 6.45) is -1.90. The Hall–Kier alpha value is -6.86. The van der Waals surface area contributed by atoms with Gasteiger partial charge in [-0.05, 0) is 112 Å². The van der Waals surface area contributed by atoms with Gasteiger partial charge in [0.15, 0.2) is 22.9 Å². The summed E-state index contributed by atoms with van der Waals surface area (Å²) in [5, 5.41) is 35.2. The number of aromatic nitrogens is 6. The first-order valence-corrected chi connectivity index (χ1v) is 22.8. The number of alkyl halides is 6. The van der Waals surface area contributed by atoms with E-state index in [1.165, 1.54) is 12.4 Å². The molecule has 0 spiro atoms. The molecule has 2 atom stereocenters. The van der Waals surface area contributed by atoms with Crippen molar-refractivity contribution in [3.63, 3.8) is 0 Å². The molecule has 18 heteroatoms. The monoisotopic (exact) mass is 964 g/mol. The molecule has 6 N–H and O–H groups in total. The van der Waals surface area contributed by atoms with Crippen LogP contribution in [0.25, 0.3) is 56.5 Å². The molecule has 0 bridgehead atoms. The lowest BCUT2D eigenvalue weighted by molar-refractivity contribution is -0.143. The fourth-order valence-corrected chi connectivity index (χ4v) is 9.05. The highest BCUT2D eigenvalue weighted by atomic mass is 19.4. The Kier molecular flexibility index (Phi) is 12.9. The van der Waals surface area contributed by atoms with E-state index < -0.39 is 34.8 Å². The van der Waals surface area contributed by atoms with Gasteiger partial charge in [0.05, 0.1) is 48.1 Å². The maximum atomic E-state index is 14.2. The van der Waals surface area contributed by atoms with Gasteiger partial charge in [0, 0.05) is 33.3 Å². The van der Waals surface area contributed by atoms with E-state index in [9.17, 15) is 36.6 Å². The van der Waals surface area contributed by atoms with Gasteiger partial charge < -0.3 is 30.7 Å². The molecule has 0 saturated carbocycles. The van der Waals surface area contributed by atoms with Gasteiger partial charge in [-0.2, -0.15) is 36.5 Å². The van der Waals surface area contributed by atoms with Crippen molar-refractivity contribution in [3.05, 3.63) is 154 Å². The number of nitrogens with two attached hydrogens (primary N) is 2. The second-order valence-corrected chi connectivity index (χ2v) is 18.6. The number of halogens is 6. The molecule has 4 aromatic carbocycles. The van der Waals surface area contributed by atoms with Crippen LogP contribution >= 0.6 is 0 Å². The fraction of sp³-hybridized carbons (Fsp3) is 0.308. The third-order valence-electron chi connectivity index (χ3n) is 13.0. The van der Waals surface area contributed by atoms with E-state index in [-0.39, 0.29) is 35.9 Å². The number of hydrogen-bond acceptors (Lipinski definition) is 10. The number of para-hydroxylation sites is 2. The topological polar surface area (TPSA) is 180 Å². The largest absolute Gasteiger partial charge is 0.434 e. The molecule has 10 rings (SSSR count). The predicted molar refractivity (Wildman–Crippen MR) is 250 cm³/mol. The molecule has 364 valence electrons. The minimum absolute atomic E-state index is 0.0935. The molecule has 12 nitrogen and oxygen atoms in total. The van der Waals surface area contributed by atoms with Crippen molar-refractivity contribution in [2.24, 2.45) is 11.5 Å². The molecule has 70 heavy (non-hydrogen) atoms. The molecular weight excluding hydrogens is 915 g/mol. The van der Waals surface area contributed by atoms with Crippen LogP contribution in [0.2, 0.25) is 0 Å². The van der Waals surface area contributed by atoms with Gasteiger partial charge >= 0.3 is 12.4 Å². The molecule has 4 aromatic heterocycles. The zero-order valence-corrected chi connectivity index (χ0v) is 38.3. The Morgan fingerprint density at radius 1 is 0.543 bits per heavy atom. The van der Waals surface area contributed by atoms with Gasteiger partial charge in [0.1, 0.15) is 11.4 Å². The van der Waals surface area contributed by atoms with Crippen LogP contribution in [0.1, 0.15) is 71.5 Å². The number of hydrogen-bond donors (Lipinski definition) is 4. The lowest BCUT2D eigenvalue weighted by Crippen LogP contribution is -2.40. The summed E-state index contributed by atoms with van der Waals surface area (Å²) in [6, 6.07) is 28.4. The van der Waals surface area contributed by atoms with Crippen molar-refractivity contribution in [2.75, 3.05) is 13.2 Å². The van der Waals surface area contributed by atoms with Crippen molar-refractivity contribution in [1.82, 2.24) is 29.9 Å². The molecule has 0 aliphatic heterocycles. The van der Waals surface area contributed by atoms with E-state index >= 15 is 0 Å². The summed E-state index contributed by atoms with van der Waals surface area (Å²) in [4.78, 5) is 0. The van der Waals surface area contributed by atoms with E-state index in [0.29, 0.717) is 85.3 Å². The molecule has 4 heterocycles. The third kappa shape index (κ3) is 9.68. The Labute approximate surface area is 398 Å². The normalized spacial score (nSPS) is 14.9. The van der Waals surface area contributed by atoms with E-state index in [0.717, 1.165) is 42.7 Å². The quantitative estimate of drug-likeness (QED) is 0.0861. The van der Waals surface area contributed by atoms with E-state index in [1.807, 2.05) is 38.1 Å². The van der Waals surface area contributed by atoms with Gasteiger partial charge in [-0.3, -0.25) is 0 Å². The minimum Gasteiger partial charge on any atom is -0.394 e. The van der Waals surface area contributed by atoms with Gasteiger partial charge in [0.25, 0.3) is 0 Å². The molecule has 2 aliphatic rings. The second-order valence-electron chi connectivity index (χ2n) is 18.6. The summed E-state index contributed by atoms with van der Waals surface area (Å²) < 4.78 is 97.9. The zero-order chi connectivity index (χ0) is 49.6. The molecule has 0 unspecified atom stereocenters. The Morgan fingerprint density at radius 3 is 1.29 bits per heavy atom. The summed E-state index contributed by atoms with van der Waals surface area (Å²) in [5.41, 5.74) is 17.8. The lowest BCUT2D eigenvalue weighted by atomic mass is 9.86. The number of aliphatic hydroxyl groups is 2. The average molecular weight is 965 g/mol. The van der Waals surface area contributed by atoms with Crippen molar-refractivity contribution in [1.29, 1.82) is 0 Å². The van der Waals surface area contributed by atoms with Crippen LogP contribution in [0, 0.1) is 0 Å². The average Bonchev–Trinajstić information content (AvgIpc) is 4.18. The summed E-state index contributed by atoms with van der Waals surface area (Å²) >= 11 is 0. The highest BCUT2D eigenvalue weighted by molar-refractivity contribution is 5.79. The van der Waals surface area contributed by atoms with Crippen molar-refractivity contribution < 1.29 is 45.6 Å². The predicted octanol–water partition coefficient (Wildman–Crippen LogP) is 9.91. The van der Waals surface area contributed by atoms with E-state index in [4.69, 9.17) is 20.5 Å². The number of aliphatic hydroxyl groups excluding tert-OH is 2. The SMILES string of the molecule is C[C@@](N)(CO)CCc1ccc2c(c1)CCc1c-2noc1-c1cnn(-c2ccccc2)c1C(F)(F)F.C[C@](N)(CO)CCc1ccc2c(c1)CCc1c-2noc1-c1cnn(-c2ccccc2)c1C(F)(F)F. The van der Waals surface area contributed by atoms with Crippen LogP contribution in [0.4, 0.5) is 26.3 Å². The van der Waals surface area contributed by atoms with Gasteiger partial charge in [-0.1, -0.05) is 83.1 Å². The van der Waals surface area contributed by atoms with Gasteiger partial charge in [-0.25, -0.2) is 9.36 Å². The van der Waals surface area contributed by atoms with Crippen LogP contribution in [-0.4, -0.2) is 64.4 Å². The number of aryl methyl sites for hydroxylation is 4. The molecule has 8 aromatic rings. The van der Waals surface area contributed by atoms with Crippen molar-refractivity contribution in [3.8, 4) is 56.5 Å².